The Morgan fingerprint density at radius 2 is 1.78 bits per heavy atom. The molecule has 1 aliphatic rings. The van der Waals surface area contributed by atoms with Crippen LogP contribution in [-0.4, -0.2) is 22.7 Å². The number of amides is 2. The van der Waals surface area contributed by atoms with Gasteiger partial charge in [0, 0.05) is 14.5 Å². The largest absolute Gasteiger partial charge is 0.493 e. The molecular weight excluding hydrogens is 494 g/mol. The molecule has 3 rings (SSSR count). The van der Waals surface area contributed by atoms with Gasteiger partial charge in [-0.2, -0.15) is 0 Å². The van der Waals surface area contributed by atoms with Crippen LogP contribution in [-0.2, 0) is 11.3 Å². The second kappa shape index (κ2) is 9.08. The summed E-state index contributed by atoms with van der Waals surface area (Å²) < 4.78 is 7.59. The van der Waals surface area contributed by atoms with Gasteiger partial charge in [-0.15, -0.1) is 0 Å². The number of thioether (sulfide) groups is 1. The molecule has 27 heavy (non-hydrogen) atoms. The van der Waals surface area contributed by atoms with Gasteiger partial charge >= 0.3 is 0 Å². The number of halogens is 2. The van der Waals surface area contributed by atoms with E-state index in [4.69, 9.17) is 4.74 Å². The molecule has 0 aromatic heterocycles. The van der Waals surface area contributed by atoms with Crippen LogP contribution < -0.4 is 4.74 Å². The Bertz CT molecular complexity index is 897. The van der Waals surface area contributed by atoms with E-state index in [2.05, 4.69) is 31.9 Å². The summed E-state index contributed by atoms with van der Waals surface area (Å²) in [5.74, 6) is 0.411. The average Bonchev–Trinajstić information content (AvgIpc) is 2.90. The molecule has 1 fully saturated rings. The number of imide groups is 1. The number of hydrogen-bond acceptors (Lipinski definition) is 4. The van der Waals surface area contributed by atoms with Crippen molar-refractivity contribution in [2.24, 2.45) is 0 Å². The fourth-order valence-corrected chi connectivity index (χ4v) is 4.00. The first-order valence-electron chi connectivity index (χ1n) is 8.40. The Balaban J connectivity index is 1.84. The van der Waals surface area contributed by atoms with Crippen LogP contribution in [0.3, 0.4) is 0 Å². The first kappa shape index (κ1) is 20.2. The third-order valence-electron chi connectivity index (χ3n) is 3.85. The lowest BCUT2D eigenvalue weighted by molar-refractivity contribution is -0.123. The average molecular weight is 511 g/mol. The Hall–Kier alpha value is -1.57. The highest BCUT2D eigenvalue weighted by molar-refractivity contribution is 9.10. The van der Waals surface area contributed by atoms with Crippen LogP contribution in [0.25, 0.3) is 6.08 Å². The molecule has 0 saturated carbocycles. The van der Waals surface area contributed by atoms with Crippen molar-refractivity contribution in [3.63, 3.8) is 0 Å². The molecule has 0 N–H and O–H groups in total. The van der Waals surface area contributed by atoms with E-state index in [1.165, 1.54) is 4.90 Å². The highest BCUT2D eigenvalue weighted by Crippen LogP contribution is 2.35. The van der Waals surface area contributed by atoms with E-state index < -0.39 is 0 Å². The lowest BCUT2D eigenvalue weighted by atomic mass is 10.1. The van der Waals surface area contributed by atoms with Gasteiger partial charge < -0.3 is 4.74 Å². The second-order valence-corrected chi connectivity index (χ2v) is 8.75. The Morgan fingerprint density at radius 3 is 2.48 bits per heavy atom. The number of hydrogen-bond donors (Lipinski definition) is 0. The predicted octanol–water partition coefficient (Wildman–Crippen LogP) is 6.24. The Morgan fingerprint density at radius 1 is 1.07 bits per heavy atom. The Labute approximate surface area is 179 Å². The molecule has 0 aliphatic carbocycles. The lowest BCUT2D eigenvalue weighted by Crippen LogP contribution is -2.27. The summed E-state index contributed by atoms with van der Waals surface area (Å²) >= 11 is 7.78. The number of carbonyl (C=O) groups excluding carboxylic acids is 2. The van der Waals surface area contributed by atoms with Gasteiger partial charge in [-0.25, -0.2) is 0 Å². The Kier molecular flexibility index (Phi) is 6.78. The van der Waals surface area contributed by atoms with Crippen molar-refractivity contribution in [1.82, 2.24) is 4.90 Å². The van der Waals surface area contributed by atoms with Gasteiger partial charge in [0.25, 0.3) is 11.1 Å². The summed E-state index contributed by atoms with van der Waals surface area (Å²) in [5, 5.41) is -0.264. The zero-order valence-corrected chi connectivity index (χ0v) is 18.6. The van der Waals surface area contributed by atoms with Gasteiger partial charge in [-0.3, -0.25) is 14.5 Å². The molecule has 0 radical (unpaired) electrons. The van der Waals surface area contributed by atoms with Crippen molar-refractivity contribution in [2.75, 3.05) is 6.61 Å². The number of carbonyl (C=O) groups is 2. The highest BCUT2D eigenvalue weighted by Gasteiger charge is 2.35. The van der Waals surface area contributed by atoms with E-state index in [0.29, 0.717) is 17.3 Å². The van der Waals surface area contributed by atoms with Gasteiger partial charge in [-0.05, 0) is 60.2 Å². The van der Waals surface area contributed by atoms with Crippen LogP contribution >= 0.6 is 43.6 Å². The molecule has 1 saturated heterocycles. The lowest BCUT2D eigenvalue weighted by Gasteiger charge is -2.12. The molecule has 4 nitrogen and oxygen atoms in total. The number of rotatable bonds is 6. The van der Waals surface area contributed by atoms with E-state index in [1.807, 2.05) is 49.4 Å². The molecule has 2 amide bonds. The first-order valence-corrected chi connectivity index (χ1v) is 10.8. The predicted molar refractivity (Wildman–Crippen MR) is 116 cm³/mol. The summed E-state index contributed by atoms with van der Waals surface area (Å²) in [6.07, 6.45) is 2.61. The smallest absolute Gasteiger partial charge is 0.293 e. The standard InChI is InChI=1S/C20H17Br2NO3S/c1-2-9-26-17-8-7-16(22)10-14(17)11-18-19(24)23(20(25)27-18)12-13-3-5-15(21)6-4-13/h3-8,10-11H,2,9,12H2,1H3/b18-11+. The summed E-state index contributed by atoms with van der Waals surface area (Å²) in [4.78, 5) is 26.8. The van der Waals surface area contributed by atoms with Crippen molar-refractivity contribution in [1.29, 1.82) is 0 Å². The monoisotopic (exact) mass is 509 g/mol. The zero-order valence-electron chi connectivity index (χ0n) is 14.6. The van der Waals surface area contributed by atoms with E-state index in [9.17, 15) is 9.59 Å². The van der Waals surface area contributed by atoms with Gasteiger partial charge in [-0.1, -0.05) is 50.9 Å². The van der Waals surface area contributed by atoms with E-state index in [1.54, 1.807) is 6.08 Å². The van der Waals surface area contributed by atoms with E-state index in [0.717, 1.165) is 38.3 Å². The van der Waals surface area contributed by atoms with Crippen molar-refractivity contribution >= 4 is 60.8 Å². The molecule has 140 valence electrons. The number of nitrogens with zero attached hydrogens (tertiary/aromatic N) is 1. The topological polar surface area (TPSA) is 46.6 Å². The van der Waals surface area contributed by atoms with Gasteiger partial charge in [0.15, 0.2) is 0 Å². The van der Waals surface area contributed by atoms with Gasteiger partial charge in [0.05, 0.1) is 18.1 Å². The molecule has 0 bridgehead atoms. The summed E-state index contributed by atoms with van der Waals surface area (Å²) in [6, 6.07) is 13.2. The highest BCUT2D eigenvalue weighted by atomic mass is 79.9. The van der Waals surface area contributed by atoms with Crippen molar-refractivity contribution < 1.29 is 14.3 Å². The minimum absolute atomic E-state index is 0.257. The quantitative estimate of drug-likeness (QED) is 0.431. The first-order chi connectivity index (χ1) is 13.0. The second-order valence-electron chi connectivity index (χ2n) is 5.92. The normalized spacial score (nSPS) is 15.7. The molecule has 0 unspecified atom stereocenters. The van der Waals surface area contributed by atoms with Crippen LogP contribution in [0.4, 0.5) is 4.79 Å². The van der Waals surface area contributed by atoms with Crippen molar-refractivity contribution in [3.8, 4) is 5.75 Å². The number of ether oxygens (including phenoxy) is 1. The summed E-state index contributed by atoms with van der Waals surface area (Å²) in [7, 11) is 0. The van der Waals surface area contributed by atoms with Gasteiger partial charge in [0.1, 0.15) is 5.75 Å². The van der Waals surface area contributed by atoms with Crippen molar-refractivity contribution in [3.05, 3.63) is 67.4 Å². The van der Waals surface area contributed by atoms with E-state index in [-0.39, 0.29) is 17.7 Å². The van der Waals surface area contributed by atoms with E-state index >= 15 is 0 Å². The molecular formula is C20H17Br2NO3S. The minimum Gasteiger partial charge on any atom is -0.493 e. The van der Waals surface area contributed by atoms with Crippen LogP contribution in [0.2, 0.25) is 0 Å². The zero-order chi connectivity index (χ0) is 19.4. The molecule has 1 aliphatic heterocycles. The molecule has 0 atom stereocenters. The van der Waals surface area contributed by atoms with Crippen molar-refractivity contribution in [2.45, 2.75) is 19.9 Å². The molecule has 2 aromatic carbocycles. The molecule has 2 aromatic rings. The maximum Gasteiger partial charge on any atom is 0.293 e. The van der Waals surface area contributed by atoms with Crippen LogP contribution in [0.1, 0.15) is 24.5 Å². The fraction of sp³-hybridized carbons (Fsp3) is 0.200. The summed E-state index contributed by atoms with van der Waals surface area (Å²) in [5.41, 5.74) is 1.67. The summed E-state index contributed by atoms with van der Waals surface area (Å²) in [6.45, 7) is 2.88. The van der Waals surface area contributed by atoms with Crippen LogP contribution in [0.5, 0.6) is 5.75 Å². The number of benzene rings is 2. The molecule has 0 spiro atoms. The third kappa shape index (κ3) is 5.03. The molecule has 7 heteroatoms. The van der Waals surface area contributed by atoms with Crippen LogP contribution in [0.15, 0.2) is 56.3 Å². The maximum atomic E-state index is 12.8. The fourth-order valence-electron chi connectivity index (χ4n) is 2.53. The third-order valence-corrected chi connectivity index (χ3v) is 5.78. The SMILES string of the molecule is CCCOc1ccc(Br)cc1/C=C1/SC(=O)N(Cc2ccc(Br)cc2)C1=O. The van der Waals surface area contributed by atoms with Gasteiger partial charge in [0.2, 0.25) is 0 Å². The maximum absolute atomic E-state index is 12.8. The van der Waals surface area contributed by atoms with Crippen LogP contribution in [0, 0.1) is 0 Å². The minimum atomic E-state index is -0.283. The molecule has 1 heterocycles.